The van der Waals surface area contributed by atoms with Gasteiger partial charge >= 0.3 is 12.1 Å². The van der Waals surface area contributed by atoms with Crippen LogP contribution in [0.4, 0.5) is 4.79 Å². The molecule has 0 unspecified atom stereocenters. The van der Waals surface area contributed by atoms with Crippen LogP contribution in [0.15, 0.2) is 0 Å². The lowest BCUT2D eigenvalue weighted by molar-refractivity contribution is -0.145. The van der Waals surface area contributed by atoms with E-state index in [9.17, 15) is 9.59 Å². The number of rotatable bonds is 4. The van der Waals surface area contributed by atoms with Gasteiger partial charge in [0.15, 0.2) is 0 Å². The summed E-state index contributed by atoms with van der Waals surface area (Å²) in [7, 11) is 0. The fraction of sp³-hybridized carbons (Fsp3) is 0.818. The minimum atomic E-state index is -0.709. The third kappa shape index (κ3) is 8.97. The van der Waals surface area contributed by atoms with Crippen molar-refractivity contribution in [2.45, 2.75) is 44.5 Å². The first-order valence-electron chi connectivity index (χ1n) is 5.35. The van der Waals surface area contributed by atoms with Crippen LogP contribution in [0.2, 0.25) is 0 Å². The van der Waals surface area contributed by atoms with Crippen LogP contribution in [0.25, 0.3) is 0 Å². The van der Waals surface area contributed by atoms with Crippen molar-refractivity contribution in [3.63, 3.8) is 0 Å². The SMILES string of the molecule is CC(C)(C)OC(=O)NCCOC(=O)C(C)(C)Br. The highest BCUT2D eigenvalue weighted by atomic mass is 79.9. The molecule has 0 saturated heterocycles. The smallest absolute Gasteiger partial charge is 0.407 e. The largest absolute Gasteiger partial charge is 0.463 e. The van der Waals surface area contributed by atoms with E-state index >= 15 is 0 Å². The summed E-state index contributed by atoms with van der Waals surface area (Å²) in [4.78, 5) is 22.5. The van der Waals surface area contributed by atoms with Gasteiger partial charge in [0.25, 0.3) is 0 Å². The van der Waals surface area contributed by atoms with E-state index in [0.717, 1.165) is 0 Å². The Labute approximate surface area is 110 Å². The first kappa shape index (κ1) is 16.2. The molecule has 5 nitrogen and oxygen atoms in total. The van der Waals surface area contributed by atoms with Crippen molar-refractivity contribution in [3.05, 3.63) is 0 Å². The number of hydrogen-bond acceptors (Lipinski definition) is 4. The zero-order valence-corrected chi connectivity index (χ0v) is 12.5. The lowest BCUT2D eigenvalue weighted by Gasteiger charge is -2.20. The standard InChI is InChI=1S/C11H20BrNO4/c1-10(2,3)17-9(15)13-6-7-16-8(14)11(4,5)12/h6-7H2,1-5H3,(H,13,15). The van der Waals surface area contributed by atoms with E-state index < -0.39 is 16.0 Å². The van der Waals surface area contributed by atoms with Crippen molar-refractivity contribution in [2.24, 2.45) is 0 Å². The number of amides is 1. The van der Waals surface area contributed by atoms with E-state index in [-0.39, 0.29) is 19.1 Å². The molecule has 0 heterocycles. The Hall–Kier alpha value is -0.780. The molecule has 0 fully saturated rings. The van der Waals surface area contributed by atoms with E-state index in [1.165, 1.54) is 0 Å². The van der Waals surface area contributed by atoms with Crippen LogP contribution in [-0.4, -0.2) is 35.1 Å². The highest BCUT2D eigenvalue weighted by Crippen LogP contribution is 2.17. The molecule has 0 bridgehead atoms. The van der Waals surface area contributed by atoms with E-state index in [0.29, 0.717) is 0 Å². The number of esters is 1. The van der Waals surface area contributed by atoms with Gasteiger partial charge in [-0.3, -0.25) is 4.79 Å². The minimum Gasteiger partial charge on any atom is -0.463 e. The van der Waals surface area contributed by atoms with Crippen LogP contribution >= 0.6 is 15.9 Å². The third-order valence-electron chi connectivity index (χ3n) is 1.49. The molecule has 17 heavy (non-hydrogen) atoms. The summed E-state index contributed by atoms with van der Waals surface area (Å²) in [6.45, 7) is 9.06. The molecular weight excluding hydrogens is 290 g/mol. The van der Waals surface area contributed by atoms with Crippen LogP contribution in [0.3, 0.4) is 0 Å². The highest BCUT2D eigenvalue weighted by molar-refractivity contribution is 9.10. The van der Waals surface area contributed by atoms with Crippen LogP contribution in [0, 0.1) is 0 Å². The van der Waals surface area contributed by atoms with Crippen molar-refractivity contribution in [2.75, 3.05) is 13.2 Å². The van der Waals surface area contributed by atoms with Gasteiger partial charge in [-0.05, 0) is 34.6 Å². The number of ether oxygens (including phenoxy) is 2. The van der Waals surface area contributed by atoms with E-state index in [1.54, 1.807) is 34.6 Å². The molecule has 0 aromatic carbocycles. The normalized spacial score (nSPS) is 11.9. The molecule has 0 spiro atoms. The molecule has 1 N–H and O–H groups in total. The molecule has 0 radical (unpaired) electrons. The van der Waals surface area contributed by atoms with E-state index in [4.69, 9.17) is 9.47 Å². The van der Waals surface area contributed by atoms with Gasteiger partial charge in [0.05, 0.1) is 6.54 Å². The van der Waals surface area contributed by atoms with Gasteiger partial charge < -0.3 is 14.8 Å². The molecule has 0 aliphatic rings. The van der Waals surface area contributed by atoms with Crippen molar-refractivity contribution >= 4 is 28.0 Å². The summed E-state index contributed by atoms with van der Waals surface area (Å²) >= 11 is 3.18. The van der Waals surface area contributed by atoms with Gasteiger partial charge in [-0.2, -0.15) is 0 Å². The maximum absolute atomic E-state index is 11.3. The fourth-order valence-electron chi connectivity index (χ4n) is 0.783. The number of alkyl carbamates (subject to hydrolysis) is 1. The Morgan fingerprint density at radius 2 is 1.71 bits per heavy atom. The summed E-state index contributed by atoms with van der Waals surface area (Å²) in [6, 6.07) is 0. The van der Waals surface area contributed by atoms with E-state index in [1.807, 2.05) is 0 Å². The molecular formula is C11H20BrNO4. The zero-order chi connectivity index (χ0) is 13.7. The number of hydrogen-bond donors (Lipinski definition) is 1. The summed E-state index contributed by atoms with van der Waals surface area (Å²) < 4.78 is 9.23. The first-order chi connectivity index (χ1) is 7.52. The average Bonchev–Trinajstić information content (AvgIpc) is 2.07. The Morgan fingerprint density at radius 1 is 1.18 bits per heavy atom. The van der Waals surface area contributed by atoms with Gasteiger partial charge in [-0.15, -0.1) is 0 Å². The Balaban J connectivity index is 3.73. The molecule has 0 rings (SSSR count). The molecule has 0 aromatic heterocycles. The summed E-state index contributed by atoms with van der Waals surface area (Å²) in [5.74, 6) is -0.372. The summed E-state index contributed by atoms with van der Waals surface area (Å²) in [5, 5.41) is 2.49. The van der Waals surface area contributed by atoms with Gasteiger partial charge in [0, 0.05) is 0 Å². The van der Waals surface area contributed by atoms with Gasteiger partial charge in [-0.25, -0.2) is 4.79 Å². The number of halogens is 1. The van der Waals surface area contributed by atoms with Gasteiger partial charge in [-0.1, -0.05) is 15.9 Å². The predicted octanol–water partition coefficient (Wildman–Crippen LogP) is 2.23. The Morgan fingerprint density at radius 3 is 2.12 bits per heavy atom. The van der Waals surface area contributed by atoms with Crippen molar-refractivity contribution in [1.82, 2.24) is 5.32 Å². The van der Waals surface area contributed by atoms with Crippen LogP contribution in [0.1, 0.15) is 34.6 Å². The molecule has 0 atom stereocenters. The quantitative estimate of drug-likeness (QED) is 0.491. The van der Waals surface area contributed by atoms with Crippen molar-refractivity contribution in [1.29, 1.82) is 0 Å². The lowest BCUT2D eigenvalue weighted by Crippen LogP contribution is -2.35. The van der Waals surface area contributed by atoms with Crippen LogP contribution in [-0.2, 0) is 14.3 Å². The molecule has 0 aliphatic heterocycles. The summed E-state index contributed by atoms with van der Waals surface area (Å²) in [5.41, 5.74) is -0.529. The first-order valence-corrected chi connectivity index (χ1v) is 6.14. The second kappa shape index (κ2) is 6.23. The zero-order valence-electron chi connectivity index (χ0n) is 10.9. The van der Waals surface area contributed by atoms with Gasteiger partial charge in [0.2, 0.25) is 0 Å². The third-order valence-corrected chi connectivity index (χ3v) is 1.81. The molecule has 0 saturated carbocycles. The van der Waals surface area contributed by atoms with Crippen LogP contribution < -0.4 is 5.32 Å². The maximum Gasteiger partial charge on any atom is 0.407 e. The number of carbonyl (C=O) groups excluding carboxylic acids is 2. The number of alkyl halides is 1. The lowest BCUT2D eigenvalue weighted by atomic mass is 10.2. The monoisotopic (exact) mass is 309 g/mol. The second-order valence-corrected chi connectivity index (χ2v) is 7.02. The van der Waals surface area contributed by atoms with Crippen LogP contribution in [0.5, 0.6) is 0 Å². The topological polar surface area (TPSA) is 64.6 Å². The predicted molar refractivity (Wildman–Crippen MR) is 68.2 cm³/mol. The Bertz CT molecular complexity index is 278. The van der Waals surface area contributed by atoms with E-state index in [2.05, 4.69) is 21.2 Å². The van der Waals surface area contributed by atoms with Crippen molar-refractivity contribution < 1.29 is 19.1 Å². The van der Waals surface area contributed by atoms with Crippen molar-refractivity contribution in [3.8, 4) is 0 Å². The second-order valence-electron chi connectivity index (χ2n) is 5.04. The average molecular weight is 310 g/mol. The fourth-order valence-corrected chi connectivity index (χ4v) is 0.897. The minimum absolute atomic E-state index is 0.118. The number of nitrogens with one attached hydrogen (secondary N) is 1. The molecule has 6 heteroatoms. The maximum atomic E-state index is 11.3. The molecule has 1 amide bonds. The molecule has 0 aliphatic carbocycles. The molecule has 0 aromatic rings. The highest BCUT2D eigenvalue weighted by Gasteiger charge is 2.25. The summed E-state index contributed by atoms with van der Waals surface area (Å²) in [6.07, 6.45) is -0.522. The Kier molecular flexibility index (Phi) is 5.95. The van der Waals surface area contributed by atoms with Gasteiger partial charge in [0.1, 0.15) is 16.5 Å². The molecule has 100 valence electrons. The number of carbonyl (C=O) groups is 2.